The standard InChI is InChI=1S/C10H16O/c1-4-6-8-9(3)10(11)7-5-2/h5,7,9-11H,8H2,1-3H3/b7-5+/t9-,10+/m0/s1. The van der Waals surface area contributed by atoms with Gasteiger partial charge in [-0.05, 0) is 19.8 Å². The summed E-state index contributed by atoms with van der Waals surface area (Å²) in [6.45, 7) is 5.71. The molecule has 1 nitrogen and oxygen atoms in total. The first-order chi connectivity index (χ1) is 5.22. The molecule has 1 N–H and O–H groups in total. The number of hydrogen-bond donors (Lipinski definition) is 1. The summed E-state index contributed by atoms with van der Waals surface area (Å²) in [6, 6.07) is 0. The van der Waals surface area contributed by atoms with Gasteiger partial charge in [-0.1, -0.05) is 19.1 Å². The van der Waals surface area contributed by atoms with Crippen LogP contribution in [0.15, 0.2) is 12.2 Å². The lowest BCUT2D eigenvalue weighted by atomic mass is 10.0. The molecule has 0 aliphatic rings. The number of aliphatic hydroxyl groups excluding tert-OH is 1. The lowest BCUT2D eigenvalue weighted by Gasteiger charge is -2.11. The Labute approximate surface area is 69.1 Å². The Morgan fingerprint density at radius 2 is 2.18 bits per heavy atom. The highest BCUT2D eigenvalue weighted by molar-refractivity contribution is 4.99. The van der Waals surface area contributed by atoms with Gasteiger partial charge in [-0.3, -0.25) is 0 Å². The van der Waals surface area contributed by atoms with Crippen molar-refractivity contribution in [1.29, 1.82) is 0 Å². The Balaban J connectivity index is 3.78. The zero-order valence-corrected chi connectivity index (χ0v) is 7.46. The monoisotopic (exact) mass is 152 g/mol. The number of rotatable bonds is 3. The fourth-order valence-corrected chi connectivity index (χ4v) is 0.771. The molecule has 0 spiro atoms. The Morgan fingerprint density at radius 3 is 2.64 bits per heavy atom. The maximum absolute atomic E-state index is 9.39. The molecule has 0 bridgehead atoms. The smallest absolute Gasteiger partial charge is 0.0755 e. The molecule has 0 aromatic heterocycles. The third-order valence-corrected chi connectivity index (χ3v) is 1.57. The fourth-order valence-electron chi connectivity index (χ4n) is 0.771. The predicted octanol–water partition coefficient (Wildman–Crippen LogP) is 1.97. The molecule has 0 amide bonds. The molecule has 0 unspecified atom stereocenters. The highest BCUT2D eigenvalue weighted by atomic mass is 16.3. The average Bonchev–Trinajstić information content (AvgIpc) is 2.00. The summed E-state index contributed by atoms with van der Waals surface area (Å²) in [7, 11) is 0. The van der Waals surface area contributed by atoms with Gasteiger partial charge in [0.1, 0.15) is 0 Å². The van der Waals surface area contributed by atoms with Gasteiger partial charge in [-0.15, -0.1) is 11.8 Å². The third kappa shape index (κ3) is 4.64. The third-order valence-electron chi connectivity index (χ3n) is 1.57. The second-order valence-electron chi connectivity index (χ2n) is 2.62. The average molecular weight is 152 g/mol. The fraction of sp³-hybridized carbons (Fsp3) is 0.600. The first-order valence-corrected chi connectivity index (χ1v) is 3.92. The van der Waals surface area contributed by atoms with Crippen LogP contribution >= 0.6 is 0 Å². The van der Waals surface area contributed by atoms with E-state index in [4.69, 9.17) is 0 Å². The summed E-state index contributed by atoms with van der Waals surface area (Å²) >= 11 is 0. The van der Waals surface area contributed by atoms with Crippen LogP contribution < -0.4 is 0 Å². The van der Waals surface area contributed by atoms with Crippen molar-refractivity contribution in [3.8, 4) is 11.8 Å². The molecule has 0 fully saturated rings. The van der Waals surface area contributed by atoms with Crippen LogP contribution in [0.1, 0.15) is 27.2 Å². The summed E-state index contributed by atoms with van der Waals surface area (Å²) in [6.07, 6.45) is 4.07. The molecule has 2 atom stereocenters. The van der Waals surface area contributed by atoms with Gasteiger partial charge in [0.2, 0.25) is 0 Å². The van der Waals surface area contributed by atoms with Gasteiger partial charge in [-0.25, -0.2) is 0 Å². The number of hydrogen-bond acceptors (Lipinski definition) is 1. The summed E-state index contributed by atoms with van der Waals surface area (Å²) in [4.78, 5) is 0. The van der Waals surface area contributed by atoms with Crippen molar-refractivity contribution in [2.24, 2.45) is 5.92 Å². The Bertz CT molecular complexity index is 171. The van der Waals surface area contributed by atoms with Crippen LogP contribution in [0.3, 0.4) is 0 Å². The maximum Gasteiger partial charge on any atom is 0.0755 e. The molecule has 0 rings (SSSR count). The van der Waals surface area contributed by atoms with Crippen molar-refractivity contribution < 1.29 is 5.11 Å². The van der Waals surface area contributed by atoms with E-state index < -0.39 is 0 Å². The largest absolute Gasteiger partial charge is 0.389 e. The van der Waals surface area contributed by atoms with E-state index in [-0.39, 0.29) is 12.0 Å². The minimum Gasteiger partial charge on any atom is -0.389 e. The van der Waals surface area contributed by atoms with Crippen LogP contribution in [0.25, 0.3) is 0 Å². The molecule has 11 heavy (non-hydrogen) atoms. The molecule has 0 aromatic rings. The van der Waals surface area contributed by atoms with E-state index in [1.165, 1.54) is 0 Å². The van der Waals surface area contributed by atoms with Gasteiger partial charge in [0.25, 0.3) is 0 Å². The number of aliphatic hydroxyl groups is 1. The van der Waals surface area contributed by atoms with E-state index in [9.17, 15) is 5.11 Å². The van der Waals surface area contributed by atoms with E-state index in [2.05, 4.69) is 11.8 Å². The quantitative estimate of drug-likeness (QED) is 0.484. The van der Waals surface area contributed by atoms with Crippen LogP contribution in [0.5, 0.6) is 0 Å². The van der Waals surface area contributed by atoms with Crippen LogP contribution in [-0.2, 0) is 0 Å². The van der Waals surface area contributed by atoms with E-state index in [0.717, 1.165) is 6.42 Å². The second-order valence-corrected chi connectivity index (χ2v) is 2.62. The van der Waals surface area contributed by atoms with Crippen molar-refractivity contribution in [2.45, 2.75) is 33.3 Å². The van der Waals surface area contributed by atoms with Gasteiger partial charge < -0.3 is 5.11 Å². The SMILES string of the molecule is CC#CC[C@H](C)[C@H](O)/C=C/C. The molecular weight excluding hydrogens is 136 g/mol. The first-order valence-electron chi connectivity index (χ1n) is 3.92. The molecule has 0 heterocycles. The van der Waals surface area contributed by atoms with Crippen LogP contribution in [-0.4, -0.2) is 11.2 Å². The van der Waals surface area contributed by atoms with Crippen molar-refractivity contribution in [1.82, 2.24) is 0 Å². The van der Waals surface area contributed by atoms with E-state index in [1.54, 1.807) is 6.08 Å². The van der Waals surface area contributed by atoms with E-state index in [0.29, 0.717) is 0 Å². The van der Waals surface area contributed by atoms with E-state index >= 15 is 0 Å². The molecule has 0 radical (unpaired) electrons. The molecule has 0 saturated carbocycles. The van der Waals surface area contributed by atoms with Gasteiger partial charge in [-0.2, -0.15) is 0 Å². The van der Waals surface area contributed by atoms with E-state index in [1.807, 2.05) is 26.8 Å². The Kier molecular flexibility index (Phi) is 5.60. The topological polar surface area (TPSA) is 20.2 Å². The van der Waals surface area contributed by atoms with Crippen molar-refractivity contribution in [3.05, 3.63) is 12.2 Å². The van der Waals surface area contributed by atoms with Crippen LogP contribution in [0.2, 0.25) is 0 Å². The molecular formula is C10H16O. The number of allylic oxidation sites excluding steroid dienone is 1. The van der Waals surface area contributed by atoms with Gasteiger partial charge in [0.15, 0.2) is 0 Å². The molecule has 0 aliphatic heterocycles. The van der Waals surface area contributed by atoms with Gasteiger partial charge in [0.05, 0.1) is 6.10 Å². The molecule has 0 aliphatic carbocycles. The highest BCUT2D eigenvalue weighted by Crippen LogP contribution is 2.07. The molecule has 0 saturated heterocycles. The van der Waals surface area contributed by atoms with Crippen LogP contribution in [0.4, 0.5) is 0 Å². The van der Waals surface area contributed by atoms with Crippen molar-refractivity contribution in [2.75, 3.05) is 0 Å². The first kappa shape index (κ1) is 10.3. The Morgan fingerprint density at radius 1 is 1.55 bits per heavy atom. The zero-order valence-electron chi connectivity index (χ0n) is 7.46. The molecule has 1 heteroatoms. The van der Waals surface area contributed by atoms with Gasteiger partial charge in [0, 0.05) is 6.42 Å². The zero-order chi connectivity index (χ0) is 8.69. The molecule has 62 valence electrons. The minimum absolute atomic E-state index is 0.235. The minimum atomic E-state index is -0.346. The van der Waals surface area contributed by atoms with Gasteiger partial charge >= 0.3 is 0 Å². The predicted molar refractivity (Wildman–Crippen MR) is 48.1 cm³/mol. The summed E-state index contributed by atoms with van der Waals surface area (Å²) in [5.41, 5.74) is 0. The van der Waals surface area contributed by atoms with Crippen molar-refractivity contribution >= 4 is 0 Å². The maximum atomic E-state index is 9.39. The lowest BCUT2D eigenvalue weighted by molar-refractivity contribution is 0.165. The van der Waals surface area contributed by atoms with Crippen LogP contribution in [0, 0.1) is 17.8 Å². The second kappa shape index (κ2) is 6.00. The highest BCUT2D eigenvalue weighted by Gasteiger charge is 2.07. The lowest BCUT2D eigenvalue weighted by Crippen LogP contribution is -2.13. The summed E-state index contributed by atoms with van der Waals surface area (Å²) in [5, 5.41) is 9.39. The summed E-state index contributed by atoms with van der Waals surface area (Å²) < 4.78 is 0. The summed E-state index contributed by atoms with van der Waals surface area (Å²) in [5.74, 6) is 5.99. The Hall–Kier alpha value is -0.740. The van der Waals surface area contributed by atoms with Crippen molar-refractivity contribution in [3.63, 3.8) is 0 Å². The molecule has 0 aromatic carbocycles. The normalized spacial score (nSPS) is 15.6.